The summed E-state index contributed by atoms with van der Waals surface area (Å²) in [5.74, 6) is -0.726. The standard InChI is InChI=1S/C15H11N3O5S/c1-8-16-13-12(11(7-24-13)15(20)21)14(19)17(8)6-9-2-4-10(5-3-9)18(22)23/h2-5,7H,6H2,1H3,(H,20,21). The maximum atomic E-state index is 12.7. The van der Waals surface area contributed by atoms with Crippen molar-refractivity contribution in [3.63, 3.8) is 0 Å². The molecule has 0 fully saturated rings. The fourth-order valence-electron chi connectivity index (χ4n) is 2.38. The van der Waals surface area contributed by atoms with Crippen LogP contribution in [0, 0.1) is 17.0 Å². The molecule has 3 aromatic rings. The second-order valence-corrected chi connectivity index (χ2v) is 5.97. The van der Waals surface area contributed by atoms with Gasteiger partial charge in [0.25, 0.3) is 11.2 Å². The Morgan fingerprint density at radius 2 is 2.04 bits per heavy atom. The van der Waals surface area contributed by atoms with Crippen LogP contribution in [0.1, 0.15) is 21.7 Å². The zero-order valence-corrected chi connectivity index (χ0v) is 13.2. The smallest absolute Gasteiger partial charge is 0.337 e. The van der Waals surface area contributed by atoms with Gasteiger partial charge in [0.1, 0.15) is 10.7 Å². The Hall–Kier alpha value is -3.07. The number of nitro groups is 1. The van der Waals surface area contributed by atoms with E-state index in [1.165, 1.54) is 22.1 Å². The minimum Gasteiger partial charge on any atom is -0.478 e. The Labute approximate surface area is 138 Å². The number of thiophene rings is 1. The van der Waals surface area contributed by atoms with Crippen LogP contribution in [0.25, 0.3) is 10.2 Å². The van der Waals surface area contributed by atoms with Crippen molar-refractivity contribution < 1.29 is 14.8 Å². The van der Waals surface area contributed by atoms with Crippen molar-refractivity contribution in [2.75, 3.05) is 0 Å². The molecule has 1 aromatic carbocycles. The van der Waals surface area contributed by atoms with Crippen molar-refractivity contribution in [2.45, 2.75) is 13.5 Å². The van der Waals surface area contributed by atoms with Gasteiger partial charge in [0, 0.05) is 17.5 Å². The fourth-order valence-corrected chi connectivity index (χ4v) is 3.32. The number of benzene rings is 1. The van der Waals surface area contributed by atoms with Gasteiger partial charge in [-0.3, -0.25) is 19.5 Å². The maximum absolute atomic E-state index is 12.7. The van der Waals surface area contributed by atoms with E-state index in [1.54, 1.807) is 19.1 Å². The molecule has 0 unspecified atom stereocenters. The minimum absolute atomic E-state index is 0.0394. The van der Waals surface area contributed by atoms with Gasteiger partial charge >= 0.3 is 5.97 Å². The van der Waals surface area contributed by atoms with Crippen LogP contribution in [0.15, 0.2) is 34.4 Å². The molecule has 8 nitrogen and oxygen atoms in total. The summed E-state index contributed by atoms with van der Waals surface area (Å²) < 4.78 is 1.36. The largest absolute Gasteiger partial charge is 0.478 e. The monoisotopic (exact) mass is 345 g/mol. The minimum atomic E-state index is -1.18. The van der Waals surface area contributed by atoms with E-state index in [1.807, 2.05) is 0 Å². The molecule has 24 heavy (non-hydrogen) atoms. The first-order chi connectivity index (χ1) is 11.4. The predicted molar refractivity (Wildman–Crippen MR) is 87.8 cm³/mol. The van der Waals surface area contributed by atoms with Gasteiger partial charge in [-0.2, -0.15) is 0 Å². The van der Waals surface area contributed by atoms with E-state index in [4.69, 9.17) is 0 Å². The summed E-state index contributed by atoms with van der Waals surface area (Å²) in [6.07, 6.45) is 0. The lowest BCUT2D eigenvalue weighted by atomic mass is 10.2. The third-order valence-corrected chi connectivity index (χ3v) is 4.48. The molecule has 0 spiro atoms. The predicted octanol–water partition coefficient (Wildman–Crippen LogP) is 2.42. The van der Waals surface area contributed by atoms with Gasteiger partial charge in [0.2, 0.25) is 0 Å². The van der Waals surface area contributed by atoms with Crippen molar-refractivity contribution in [1.29, 1.82) is 0 Å². The molecule has 0 saturated heterocycles. The quantitative estimate of drug-likeness (QED) is 0.573. The summed E-state index contributed by atoms with van der Waals surface area (Å²) >= 11 is 1.11. The van der Waals surface area contributed by atoms with Gasteiger partial charge < -0.3 is 5.11 Å². The average Bonchev–Trinajstić information content (AvgIpc) is 2.96. The SMILES string of the molecule is Cc1nc2scc(C(=O)O)c2c(=O)n1Cc1ccc([N+](=O)[O-])cc1. The highest BCUT2D eigenvalue weighted by atomic mass is 32.1. The molecule has 3 rings (SSSR count). The van der Waals surface area contributed by atoms with E-state index < -0.39 is 16.5 Å². The molecule has 0 atom stereocenters. The van der Waals surface area contributed by atoms with Crippen LogP contribution in [-0.2, 0) is 6.54 Å². The molecular formula is C15H11N3O5S. The van der Waals surface area contributed by atoms with Gasteiger partial charge in [-0.15, -0.1) is 11.3 Å². The highest BCUT2D eigenvalue weighted by molar-refractivity contribution is 7.17. The van der Waals surface area contributed by atoms with Crippen molar-refractivity contribution in [2.24, 2.45) is 0 Å². The number of carbonyl (C=O) groups is 1. The number of hydrogen-bond donors (Lipinski definition) is 1. The Kier molecular flexibility index (Phi) is 3.86. The summed E-state index contributed by atoms with van der Waals surface area (Å²) in [5.41, 5.74) is 0.140. The first kappa shape index (κ1) is 15.8. The summed E-state index contributed by atoms with van der Waals surface area (Å²) in [6.45, 7) is 1.81. The number of fused-ring (bicyclic) bond motifs is 1. The van der Waals surface area contributed by atoms with Gasteiger partial charge in [-0.05, 0) is 12.5 Å². The number of aromatic nitrogens is 2. The molecule has 0 saturated carbocycles. The second-order valence-electron chi connectivity index (χ2n) is 5.11. The lowest BCUT2D eigenvalue weighted by Crippen LogP contribution is -2.25. The van der Waals surface area contributed by atoms with Gasteiger partial charge in [0.15, 0.2) is 0 Å². The van der Waals surface area contributed by atoms with E-state index in [0.717, 1.165) is 11.3 Å². The molecule has 2 aromatic heterocycles. The molecule has 9 heteroatoms. The molecular weight excluding hydrogens is 334 g/mol. The van der Waals surface area contributed by atoms with Gasteiger partial charge in [0.05, 0.1) is 22.4 Å². The fraction of sp³-hybridized carbons (Fsp3) is 0.133. The highest BCUT2D eigenvalue weighted by Crippen LogP contribution is 2.22. The van der Waals surface area contributed by atoms with E-state index >= 15 is 0 Å². The number of non-ortho nitro benzene ring substituents is 1. The normalized spacial score (nSPS) is 10.9. The summed E-state index contributed by atoms with van der Waals surface area (Å²) in [4.78, 5) is 38.8. The summed E-state index contributed by atoms with van der Waals surface area (Å²) in [6, 6.07) is 5.82. The highest BCUT2D eigenvalue weighted by Gasteiger charge is 2.18. The third kappa shape index (κ3) is 2.65. The van der Waals surface area contributed by atoms with Crippen molar-refractivity contribution in [3.05, 3.63) is 67.1 Å². The van der Waals surface area contributed by atoms with Crippen LogP contribution in [0.5, 0.6) is 0 Å². The molecule has 0 bridgehead atoms. The average molecular weight is 345 g/mol. The van der Waals surface area contributed by atoms with Crippen LogP contribution in [0.4, 0.5) is 5.69 Å². The van der Waals surface area contributed by atoms with E-state index in [2.05, 4.69) is 4.98 Å². The van der Waals surface area contributed by atoms with E-state index in [0.29, 0.717) is 16.2 Å². The Balaban J connectivity index is 2.09. The maximum Gasteiger partial charge on any atom is 0.337 e. The molecule has 0 radical (unpaired) electrons. The van der Waals surface area contributed by atoms with Crippen LogP contribution < -0.4 is 5.56 Å². The van der Waals surface area contributed by atoms with Crippen LogP contribution >= 0.6 is 11.3 Å². The van der Waals surface area contributed by atoms with E-state index in [9.17, 15) is 24.8 Å². The topological polar surface area (TPSA) is 115 Å². The number of nitro benzene ring substituents is 1. The zero-order valence-electron chi connectivity index (χ0n) is 12.4. The molecule has 0 amide bonds. The lowest BCUT2D eigenvalue weighted by molar-refractivity contribution is -0.384. The number of carboxylic acids is 1. The zero-order chi connectivity index (χ0) is 17.4. The first-order valence-corrected chi connectivity index (χ1v) is 7.71. The van der Waals surface area contributed by atoms with Crippen LogP contribution in [-0.4, -0.2) is 25.6 Å². The van der Waals surface area contributed by atoms with Gasteiger partial charge in [-0.25, -0.2) is 9.78 Å². The molecule has 0 aliphatic rings. The number of carboxylic acid groups (broad SMARTS) is 1. The van der Waals surface area contributed by atoms with Crippen molar-refractivity contribution in [1.82, 2.24) is 9.55 Å². The number of aryl methyl sites for hydroxylation is 1. The number of hydrogen-bond acceptors (Lipinski definition) is 6. The first-order valence-electron chi connectivity index (χ1n) is 6.83. The van der Waals surface area contributed by atoms with Crippen LogP contribution in [0.3, 0.4) is 0 Å². The summed E-state index contributed by atoms with van der Waals surface area (Å²) in [7, 11) is 0. The molecule has 2 heterocycles. The number of aromatic carboxylic acids is 1. The Bertz CT molecular complexity index is 1020. The number of nitrogens with zero attached hydrogens (tertiary/aromatic N) is 3. The Morgan fingerprint density at radius 1 is 1.38 bits per heavy atom. The third-order valence-electron chi connectivity index (χ3n) is 3.60. The van der Waals surface area contributed by atoms with Gasteiger partial charge in [-0.1, -0.05) is 12.1 Å². The molecule has 0 aliphatic heterocycles. The molecule has 122 valence electrons. The van der Waals surface area contributed by atoms with Crippen molar-refractivity contribution in [3.8, 4) is 0 Å². The molecule has 0 aliphatic carbocycles. The Morgan fingerprint density at radius 3 is 2.62 bits per heavy atom. The second kappa shape index (κ2) is 5.85. The van der Waals surface area contributed by atoms with E-state index in [-0.39, 0.29) is 23.2 Å². The number of rotatable bonds is 4. The molecule has 1 N–H and O–H groups in total. The van der Waals surface area contributed by atoms with Crippen LogP contribution in [0.2, 0.25) is 0 Å². The van der Waals surface area contributed by atoms with Crippen molar-refractivity contribution >= 4 is 33.2 Å². The lowest BCUT2D eigenvalue weighted by Gasteiger charge is -2.09. The summed E-state index contributed by atoms with van der Waals surface area (Å²) in [5, 5.41) is 21.4.